The van der Waals surface area contributed by atoms with Gasteiger partial charge in [0.05, 0.1) is 17.6 Å². The molecule has 3 aromatic heterocycles. The molecule has 0 spiro atoms. The van der Waals surface area contributed by atoms with Crippen molar-refractivity contribution in [3.63, 3.8) is 0 Å². The molecule has 0 radical (unpaired) electrons. The maximum Gasteiger partial charge on any atom is 0.354 e. The molecule has 0 fully saturated rings. The summed E-state index contributed by atoms with van der Waals surface area (Å²) in [5.41, 5.74) is 2.01. The molecule has 1 N–H and O–H groups in total. The number of pyridine rings is 1. The lowest BCUT2D eigenvalue weighted by Crippen LogP contribution is -2.24. The van der Waals surface area contributed by atoms with Gasteiger partial charge in [-0.1, -0.05) is 29.8 Å². The Hall–Kier alpha value is -2.87. The molecule has 4 rings (SSSR count). The van der Waals surface area contributed by atoms with Gasteiger partial charge in [0.25, 0.3) is 5.56 Å². The highest BCUT2D eigenvalue weighted by atomic mass is 79.9. The van der Waals surface area contributed by atoms with Gasteiger partial charge in [-0.25, -0.2) is 4.79 Å². The molecule has 3 heterocycles. The highest BCUT2D eigenvalue weighted by molar-refractivity contribution is 9.10. The number of fused-ring (bicyclic) bond motifs is 3. The van der Waals surface area contributed by atoms with Gasteiger partial charge in [0, 0.05) is 7.05 Å². The van der Waals surface area contributed by atoms with Crippen LogP contribution in [0.25, 0.3) is 22.0 Å². The number of hydrogen-bond donors (Lipinski definition) is 1. The molecule has 4 aromatic rings. The summed E-state index contributed by atoms with van der Waals surface area (Å²) >= 11 is 3.00. The molecule has 0 unspecified atom stereocenters. The molecule has 0 amide bonds. The van der Waals surface area contributed by atoms with E-state index in [9.17, 15) is 14.7 Å². The summed E-state index contributed by atoms with van der Waals surface area (Å²) in [7, 11) is 1.73. The van der Waals surface area contributed by atoms with Crippen LogP contribution in [0.2, 0.25) is 0 Å². The first-order chi connectivity index (χ1) is 12.8. The molecule has 0 saturated carbocycles. The molecule has 0 saturated heterocycles. The summed E-state index contributed by atoms with van der Waals surface area (Å²) in [6.45, 7) is 4.05. The lowest BCUT2D eigenvalue weighted by molar-refractivity contribution is 0.462. The largest absolute Gasteiger partial charge is 0.506 e. The van der Waals surface area contributed by atoms with Crippen LogP contribution < -0.4 is 11.2 Å². The smallest absolute Gasteiger partial charge is 0.354 e. The van der Waals surface area contributed by atoms with Gasteiger partial charge in [-0.2, -0.15) is 5.10 Å². The van der Waals surface area contributed by atoms with Gasteiger partial charge in [-0.3, -0.25) is 14.0 Å². The number of benzene rings is 1. The van der Waals surface area contributed by atoms with Crippen LogP contribution in [-0.2, 0) is 13.6 Å². The van der Waals surface area contributed by atoms with Crippen molar-refractivity contribution in [3.05, 3.63) is 66.3 Å². The number of aromatic nitrogens is 3. The zero-order chi connectivity index (χ0) is 19.5. The van der Waals surface area contributed by atoms with Gasteiger partial charge in [0.1, 0.15) is 15.5 Å². The number of halogens is 1. The van der Waals surface area contributed by atoms with Gasteiger partial charge >= 0.3 is 5.63 Å². The third-order valence-electron chi connectivity index (χ3n) is 4.64. The van der Waals surface area contributed by atoms with Crippen molar-refractivity contribution in [2.45, 2.75) is 20.4 Å². The quantitative estimate of drug-likeness (QED) is 0.528. The van der Waals surface area contributed by atoms with Crippen LogP contribution in [0.3, 0.4) is 0 Å². The van der Waals surface area contributed by atoms with Gasteiger partial charge in [-0.05, 0) is 35.3 Å². The third kappa shape index (κ3) is 2.59. The van der Waals surface area contributed by atoms with Crippen LogP contribution in [0.4, 0.5) is 0 Å². The first-order valence-electron chi connectivity index (χ1n) is 8.26. The van der Waals surface area contributed by atoms with E-state index in [1.807, 2.05) is 31.2 Å². The summed E-state index contributed by atoms with van der Waals surface area (Å²) in [5, 5.41) is 15.3. The minimum atomic E-state index is -0.750. The van der Waals surface area contributed by atoms with E-state index in [2.05, 4.69) is 21.0 Å². The van der Waals surface area contributed by atoms with Crippen molar-refractivity contribution >= 4 is 37.9 Å². The lowest BCUT2D eigenvalue weighted by Gasteiger charge is -2.12. The van der Waals surface area contributed by atoms with E-state index >= 15 is 0 Å². The molecule has 7 nitrogen and oxygen atoms in total. The third-order valence-corrected chi connectivity index (χ3v) is 5.34. The standard InChI is InChI=1S/C19H16BrN3O4/c1-9-4-6-11(7-5-9)8-23-17-12(10(2)21-22(17)3)16-13(18(23)25)15(24)14(20)19(26)27-16/h4-7,24H,8H2,1-3H3. The minimum absolute atomic E-state index is 0.0443. The van der Waals surface area contributed by atoms with Gasteiger partial charge in [0.2, 0.25) is 0 Å². The minimum Gasteiger partial charge on any atom is -0.506 e. The Labute approximate surface area is 161 Å². The Morgan fingerprint density at radius 2 is 1.81 bits per heavy atom. The fourth-order valence-electron chi connectivity index (χ4n) is 3.35. The molecule has 27 heavy (non-hydrogen) atoms. The molecular weight excluding hydrogens is 414 g/mol. The van der Waals surface area contributed by atoms with Crippen LogP contribution in [0.5, 0.6) is 5.75 Å². The van der Waals surface area contributed by atoms with Crippen molar-refractivity contribution in [2.24, 2.45) is 7.05 Å². The molecule has 8 heteroatoms. The number of aryl methyl sites for hydroxylation is 3. The normalized spacial score (nSPS) is 11.6. The monoisotopic (exact) mass is 429 g/mol. The van der Waals surface area contributed by atoms with E-state index in [4.69, 9.17) is 4.42 Å². The molecule has 0 aliphatic rings. The summed E-state index contributed by atoms with van der Waals surface area (Å²) < 4.78 is 8.30. The number of rotatable bonds is 2. The van der Waals surface area contributed by atoms with Crippen molar-refractivity contribution in [1.29, 1.82) is 0 Å². The fraction of sp³-hybridized carbons (Fsp3) is 0.211. The second kappa shape index (κ2) is 6.09. The topological polar surface area (TPSA) is 90.3 Å². The van der Waals surface area contributed by atoms with Gasteiger partial charge in [-0.15, -0.1) is 0 Å². The number of aromatic hydroxyl groups is 1. The highest BCUT2D eigenvalue weighted by Crippen LogP contribution is 2.33. The first-order valence-corrected chi connectivity index (χ1v) is 9.05. The van der Waals surface area contributed by atoms with E-state index in [0.717, 1.165) is 11.1 Å². The zero-order valence-electron chi connectivity index (χ0n) is 14.9. The van der Waals surface area contributed by atoms with E-state index in [0.29, 0.717) is 23.3 Å². The second-order valence-corrected chi connectivity index (χ2v) is 7.33. The van der Waals surface area contributed by atoms with Crippen molar-refractivity contribution < 1.29 is 9.52 Å². The second-order valence-electron chi connectivity index (χ2n) is 6.54. The van der Waals surface area contributed by atoms with E-state index in [1.165, 1.54) is 4.57 Å². The Balaban J connectivity index is 2.17. The first kappa shape index (κ1) is 17.5. The Morgan fingerprint density at radius 1 is 1.15 bits per heavy atom. The Kier molecular flexibility index (Phi) is 3.96. The van der Waals surface area contributed by atoms with Gasteiger partial charge in [0.15, 0.2) is 11.3 Å². The van der Waals surface area contributed by atoms with Crippen LogP contribution in [0.15, 0.2) is 42.7 Å². The molecule has 138 valence electrons. The fourth-order valence-corrected chi connectivity index (χ4v) is 3.63. The predicted molar refractivity (Wildman–Crippen MR) is 105 cm³/mol. The van der Waals surface area contributed by atoms with E-state index < -0.39 is 16.9 Å². The highest BCUT2D eigenvalue weighted by Gasteiger charge is 2.24. The average Bonchev–Trinajstić information content (AvgIpc) is 2.92. The Bertz CT molecular complexity index is 1330. The molecule has 0 bridgehead atoms. The van der Waals surface area contributed by atoms with Crippen LogP contribution >= 0.6 is 15.9 Å². The SMILES string of the molecule is Cc1ccc(Cn2c(=O)c3c(O)c(Br)c(=O)oc3c3c(C)nn(C)c32)cc1. The Morgan fingerprint density at radius 3 is 2.48 bits per heavy atom. The van der Waals surface area contributed by atoms with Crippen LogP contribution in [-0.4, -0.2) is 19.5 Å². The molecule has 0 aliphatic carbocycles. The average molecular weight is 430 g/mol. The summed E-state index contributed by atoms with van der Waals surface area (Å²) in [6, 6.07) is 7.84. The number of nitrogens with zero attached hydrogens (tertiary/aromatic N) is 3. The molecule has 0 atom stereocenters. The maximum absolute atomic E-state index is 13.2. The van der Waals surface area contributed by atoms with E-state index in [1.54, 1.807) is 18.7 Å². The van der Waals surface area contributed by atoms with Gasteiger partial charge < -0.3 is 9.52 Å². The summed E-state index contributed by atoms with van der Waals surface area (Å²) in [4.78, 5) is 25.3. The summed E-state index contributed by atoms with van der Waals surface area (Å²) in [6.07, 6.45) is 0. The van der Waals surface area contributed by atoms with Crippen LogP contribution in [0.1, 0.15) is 16.8 Å². The number of hydrogen-bond acceptors (Lipinski definition) is 5. The lowest BCUT2D eigenvalue weighted by atomic mass is 10.1. The molecule has 1 aromatic carbocycles. The summed E-state index contributed by atoms with van der Waals surface area (Å²) in [5.74, 6) is -0.422. The van der Waals surface area contributed by atoms with Crippen molar-refractivity contribution in [3.8, 4) is 5.75 Å². The maximum atomic E-state index is 13.2. The van der Waals surface area contributed by atoms with Crippen molar-refractivity contribution in [1.82, 2.24) is 14.3 Å². The molecule has 0 aliphatic heterocycles. The molecular formula is C19H16BrN3O4. The van der Waals surface area contributed by atoms with E-state index in [-0.39, 0.29) is 15.4 Å². The predicted octanol–water partition coefficient (Wildman–Crippen LogP) is 2.97. The van der Waals surface area contributed by atoms with Crippen LogP contribution in [0, 0.1) is 13.8 Å². The van der Waals surface area contributed by atoms with Crippen molar-refractivity contribution in [2.75, 3.05) is 0 Å². The zero-order valence-corrected chi connectivity index (χ0v) is 16.5.